The van der Waals surface area contributed by atoms with Crippen LogP contribution in [0.2, 0.25) is 0 Å². The van der Waals surface area contributed by atoms with Crippen molar-refractivity contribution in [1.29, 1.82) is 0 Å². The number of benzene rings is 1. The average Bonchev–Trinajstić information content (AvgIpc) is 2.35. The molecule has 0 bridgehead atoms. The van der Waals surface area contributed by atoms with Gasteiger partial charge in [0, 0.05) is 0 Å². The van der Waals surface area contributed by atoms with Crippen LogP contribution in [0.1, 0.15) is 20.3 Å². The Labute approximate surface area is 111 Å². The number of rotatable bonds is 6. The van der Waals surface area contributed by atoms with Gasteiger partial charge in [-0.2, -0.15) is 4.72 Å². The zero-order chi connectivity index (χ0) is 14.6. The van der Waals surface area contributed by atoms with E-state index in [1.165, 1.54) is 0 Å². The Bertz CT molecular complexity index is 541. The van der Waals surface area contributed by atoms with E-state index in [2.05, 4.69) is 4.72 Å². The Hall–Kier alpha value is -1.47. The Morgan fingerprint density at radius 1 is 1.37 bits per heavy atom. The van der Waals surface area contributed by atoms with Gasteiger partial charge in [0.05, 0.1) is 4.90 Å². The van der Waals surface area contributed by atoms with Crippen molar-refractivity contribution in [1.82, 2.24) is 4.72 Å². The lowest BCUT2D eigenvalue weighted by Crippen LogP contribution is -2.44. The summed E-state index contributed by atoms with van der Waals surface area (Å²) in [5.41, 5.74) is 0. The molecule has 0 unspecified atom stereocenters. The number of hydrogen-bond donors (Lipinski definition) is 2. The van der Waals surface area contributed by atoms with Gasteiger partial charge in [0.2, 0.25) is 10.0 Å². The highest BCUT2D eigenvalue weighted by Crippen LogP contribution is 2.14. The van der Waals surface area contributed by atoms with Gasteiger partial charge in [-0.15, -0.1) is 0 Å². The van der Waals surface area contributed by atoms with Crippen LogP contribution in [0, 0.1) is 11.7 Å². The first kappa shape index (κ1) is 15.6. The molecular weight excluding hydrogens is 273 g/mol. The minimum Gasteiger partial charge on any atom is -0.480 e. The molecule has 0 heterocycles. The third-order valence-corrected chi connectivity index (χ3v) is 4.34. The van der Waals surface area contributed by atoms with Gasteiger partial charge < -0.3 is 5.11 Å². The smallest absolute Gasteiger partial charge is 0.322 e. The van der Waals surface area contributed by atoms with Crippen LogP contribution in [0.3, 0.4) is 0 Å². The van der Waals surface area contributed by atoms with Gasteiger partial charge in [0.15, 0.2) is 0 Å². The first-order valence-corrected chi connectivity index (χ1v) is 7.27. The number of sulfonamides is 1. The molecule has 1 rings (SSSR count). The van der Waals surface area contributed by atoms with Crippen LogP contribution in [-0.4, -0.2) is 25.5 Å². The minimum absolute atomic E-state index is 0.163. The van der Waals surface area contributed by atoms with E-state index in [0.717, 1.165) is 24.3 Å². The summed E-state index contributed by atoms with van der Waals surface area (Å²) in [5, 5.41) is 9.04. The van der Waals surface area contributed by atoms with Crippen LogP contribution in [-0.2, 0) is 14.8 Å². The van der Waals surface area contributed by atoms with E-state index >= 15 is 0 Å². The topological polar surface area (TPSA) is 83.5 Å². The van der Waals surface area contributed by atoms with Gasteiger partial charge in [0.25, 0.3) is 0 Å². The second-order valence-corrected chi connectivity index (χ2v) is 5.99. The van der Waals surface area contributed by atoms with E-state index in [4.69, 9.17) is 5.11 Å². The lowest BCUT2D eigenvalue weighted by atomic mass is 10.0. The molecule has 0 aliphatic heterocycles. The maximum atomic E-state index is 12.7. The van der Waals surface area contributed by atoms with Crippen LogP contribution in [0.25, 0.3) is 0 Å². The van der Waals surface area contributed by atoms with Crippen LogP contribution >= 0.6 is 0 Å². The summed E-state index contributed by atoms with van der Waals surface area (Å²) >= 11 is 0. The molecule has 0 saturated carbocycles. The summed E-state index contributed by atoms with van der Waals surface area (Å²) in [6.45, 7) is 3.42. The highest BCUT2D eigenvalue weighted by Gasteiger charge is 2.29. The molecule has 0 saturated heterocycles. The van der Waals surface area contributed by atoms with Crippen molar-refractivity contribution < 1.29 is 22.7 Å². The fourth-order valence-corrected chi connectivity index (χ4v) is 2.79. The summed E-state index contributed by atoms with van der Waals surface area (Å²) in [5.74, 6) is -2.15. The standard InChI is InChI=1S/C12H16FNO4S/c1-3-8(2)11(12(15)16)14-19(17,18)10-6-4-9(13)5-7-10/h4-8,11,14H,3H2,1-2H3,(H,15,16)/t8-,11+/m1/s1. The summed E-state index contributed by atoms with van der Waals surface area (Å²) in [6.07, 6.45) is 0.517. The molecule has 19 heavy (non-hydrogen) atoms. The molecule has 0 radical (unpaired) electrons. The maximum absolute atomic E-state index is 12.7. The minimum atomic E-state index is -3.97. The van der Waals surface area contributed by atoms with Gasteiger partial charge in [-0.3, -0.25) is 4.79 Å². The number of hydrogen-bond acceptors (Lipinski definition) is 3. The molecule has 0 aliphatic rings. The normalized spacial score (nSPS) is 14.9. The lowest BCUT2D eigenvalue weighted by molar-refractivity contribution is -0.140. The van der Waals surface area contributed by atoms with Crippen molar-refractivity contribution in [3.05, 3.63) is 30.1 Å². The van der Waals surface area contributed by atoms with E-state index < -0.39 is 27.9 Å². The predicted octanol–water partition coefficient (Wildman–Crippen LogP) is 1.60. The molecular formula is C12H16FNO4S. The second kappa shape index (κ2) is 6.12. The fraction of sp³-hybridized carbons (Fsp3) is 0.417. The largest absolute Gasteiger partial charge is 0.480 e. The molecule has 2 N–H and O–H groups in total. The lowest BCUT2D eigenvalue weighted by Gasteiger charge is -2.20. The van der Waals surface area contributed by atoms with Crippen molar-refractivity contribution in [2.45, 2.75) is 31.2 Å². The third-order valence-electron chi connectivity index (χ3n) is 2.89. The number of carboxylic acids is 1. The third kappa shape index (κ3) is 4.00. The van der Waals surface area contributed by atoms with E-state index in [0.29, 0.717) is 6.42 Å². The quantitative estimate of drug-likeness (QED) is 0.833. The Kier molecular flexibility index (Phi) is 5.02. The molecule has 1 aromatic carbocycles. The number of carbonyl (C=O) groups is 1. The summed E-state index contributed by atoms with van der Waals surface area (Å²) < 4.78 is 38.8. The maximum Gasteiger partial charge on any atom is 0.322 e. The Morgan fingerprint density at radius 3 is 2.32 bits per heavy atom. The SMILES string of the molecule is CC[C@@H](C)[C@H](NS(=O)(=O)c1ccc(F)cc1)C(=O)O. The Balaban J connectivity index is 3.00. The van der Waals surface area contributed by atoms with E-state index in [1.54, 1.807) is 13.8 Å². The number of halogens is 1. The van der Waals surface area contributed by atoms with Gasteiger partial charge >= 0.3 is 5.97 Å². The summed E-state index contributed by atoms with van der Waals surface area (Å²) in [6, 6.07) is 2.99. The van der Waals surface area contributed by atoms with E-state index in [1.807, 2.05) is 0 Å². The van der Waals surface area contributed by atoms with Crippen LogP contribution in [0.5, 0.6) is 0 Å². The molecule has 2 atom stereocenters. The van der Waals surface area contributed by atoms with Crippen molar-refractivity contribution in [3.8, 4) is 0 Å². The molecule has 0 aliphatic carbocycles. The van der Waals surface area contributed by atoms with Crippen molar-refractivity contribution in [2.75, 3.05) is 0 Å². The van der Waals surface area contributed by atoms with Crippen LogP contribution in [0.4, 0.5) is 4.39 Å². The highest BCUT2D eigenvalue weighted by molar-refractivity contribution is 7.89. The molecule has 0 amide bonds. The molecule has 106 valence electrons. The molecule has 5 nitrogen and oxygen atoms in total. The highest BCUT2D eigenvalue weighted by atomic mass is 32.2. The van der Waals surface area contributed by atoms with Gasteiger partial charge in [-0.25, -0.2) is 12.8 Å². The zero-order valence-electron chi connectivity index (χ0n) is 10.6. The summed E-state index contributed by atoms with van der Waals surface area (Å²) in [4.78, 5) is 10.9. The first-order valence-electron chi connectivity index (χ1n) is 5.78. The Morgan fingerprint density at radius 2 is 1.89 bits per heavy atom. The van der Waals surface area contributed by atoms with Crippen LogP contribution in [0.15, 0.2) is 29.2 Å². The van der Waals surface area contributed by atoms with Gasteiger partial charge in [-0.05, 0) is 30.2 Å². The predicted molar refractivity (Wildman–Crippen MR) is 67.6 cm³/mol. The van der Waals surface area contributed by atoms with Crippen molar-refractivity contribution >= 4 is 16.0 Å². The summed E-state index contributed by atoms with van der Waals surface area (Å²) in [7, 11) is -3.97. The molecule has 1 aromatic rings. The number of carboxylic acid groups (broad SMARTS) is 1. The zero-order valence-corrected chi connectivity index (χ0v) is 11.4. The first-order chi connectivity index (χ1) is 8.77. The average molecular weight is 289 g/mol. The molecule has 0 spiro atoms. The molecule has 0 aromatic heterocycles. The molecule has 0 fully saturated rings. The number of nitrogens with one attached hydrogen (secondary N) is 1. The van der Waals surface area contributed by atoms with Crippen LogP contribution < -0.4 is 4.72 Å². The van der Waals surface area contributed by atoms with Gasteiger partial charge in [0.1, 0.15) is 11.9 Å². The van der Waals surface area contributed by atoms with Gasteiger partial charge in [-0.1, -0.05) is 20.3 Å². The monoisotopic (exact) mass is 289 g/mol. The fourth-order valence-electron chi connectivity index (χ4n) is 1.49. The molecule has 7 heteroatoms. The number of aliphatic carboxylic acids is 1. The van der Waals surface area contributed by atoms with Crippen molar-refractivity contribution in [2.24, 2.45) is 5.92 Å². The van der Waals surface area contributed by atoms with E-state index in [9.17, 15) is 17.6 Å². The van der Waals surface area contributed by atoms with E-state index in [-0.39, 0.29) is 10.8 Å². The van der Waals surface area contributed by atoms with Crippen molar-refractivity contribution in [3.63, 3.8) is 0 Å². The second-order valence-electron chi connectivity index (χ2n) is 4.28.